The molecule has 0 bridgehead atoms. The molecule has 1 fully saturated rings. The van der Waals surface area contributed by atoms with Crippen molar-refractivity contribution >= 4 is 11.6 Å². The first-order valence-corrected chi connectivity index (χ1v) is 10.1. The first-order valence-electron chi connectivity index (χ1n) is 9.76. The van der Waals surface area contributed by atoms with Crippen LogP contribution >= 0.6 is 11.6 Å². The number of hydrogen-bond donors (Lipinski definition) is 1. The van der Waals surface area contributed by atoms with E-state index in [1.807, 2.05) is 12.1 Å². The molecule has 1 N–H and O–H groups in total. The third-order valence-corrected chi connectivity index (χ3v) is 5.99. The van der Waals surface area contributed by atoms with E-state index in [0.29, 0.717) is 5.02 Å². The molecule has 0 aromatic heterocycles. The average Bonchev–Trinajstić information content (AvgIpc) is 2.67. The molecule has 1 aliphatic heterocycles. The van der Waals surface area contributed by atoms with E-state index in [1.165, 1.54) is 5.56 Å². The van der Waals surface area contributed by atoms with Crippen molar-refractivity contribution in [3.8, 4) is 0 Å². The number of ether oxygens (including phenoxy) is 1. The second-order valence-electron chi connectivity index (χ2n) is 7.86. The van der Waals surface area contributed by atoms with Crippen LogP contribution in [0.3, 0.4) is 0 Å². The molecule has 4 heteroatoms. The Hall–Kier alpha value is -1.39. The van der Waals surface area contributed by atoms with Gasteiger partial charge in [0.2, 0.25) is 0 Å². The topological polar surface area (TPSA) is 32.7 Å². The molecule has 0 unspecified atom stereocenters. The van der Waals surface area contributed by atoms with Crippen LogP contribution in [0.25, 0.3) is 0 Å². The molecule has 1 heterocycles. The summed E-state index contributed by atoms with van der Waals surface area (Å²) in [6, 6.07) is 16.2. The monoisotopic (exact) mass is 387 g/mol. The molecule has 0 spiro atoms. The van der Waals surface area contributed by atoms with E-state index >= 15 is 0 Å². The van der Waals surface area contributed by atoms with Crippen molar-refractivity contribution < 1.29 is 9.84 Å². The highest BCUT2D eigenvalue weighted by Gasteiger charge is 2.43. The van der Waals surface area contributed by atoms with Gasteiger partial charge in [0, 0.05) is 30.6 Å². The predicted octanol–water partition coefficient (Wildman–Crippen LogP) is 4.61. The highest BCUT2D eigenvalue weighted by Crippen LogP contribution is 2.43. The number of benzene rings is 2. The van der Waals surface area contributed by atoms with Gasteiger partial charge in [0.25, 0.3) is 0 Å². The molecule has 2 aromatic carbocycles. The van der Waals surface area contributed by atoms with Crippen molar-refractivity contribution in [2.75, 3.05) is 32.8 Å². The van der Waals surface area contributed by atoms with Crippen LogP contribution in [0.1, 0.15) is 36.5 Å². The minimum Gasteiger partial charge on any atom is -0.384 e. The Bertz CT molecular complexity index is 723. The van der Waals surface area contributed by atoms with Crippen molar-refractivity contribution in [3.05, 3.63) is 70.2 Å². The van der Waals surface area contributed by atoms with Crippen LogP contribution in [0, 0.1) is 12.8 Å². The Labute approximate surface area is 167 Å². The average molecular weight is 388 g/mol. The molecule has 27 heavy (non-hydrogen) atoms. The van der Waals surface area contributed by atoms with E-state index in [2.05, 4.69) is 62.1 Å². The van der Waals surface area contributed by atoms with Crippen molar-refractivity contribution in [3.63, 3.8) is 0 Å². The first kappa shape index (κ1) is 20.3. The lowest BCUT2D eigenvalue weighted by Gasteiger charge is -2.43. The summed E-state index contributed by atoms with van der Waals surface area (Å²) in [5.74, 6) is -0.00232. The zero-order valence-electron chi connectivity index (χ0n) is 16.5. The van der Waals surface area contributed by atoms with Gasteiger partial charge in [0.15, 0.2) is 0 Å². The number of aliphatic hydroxyl groups is 1. The smallest absolute Gasteiger partial charge is 0.0999 e. The van der Waals surface area contributed by atoms with Gasteiger partial charge in [-0.05, 0) is 36.1 Å². The van der Waals surface area contributed by atoms with Crippen molar-refractivity contribution in [1.29, 1.82) is 0 Å². The van der Waals surface area contributed by atoms with Gasteiger partial charge in [0.05, 0.1) is 18.8 Å². The third kappa shape index (κ3) is 4.55. The van der Waals surface area contributed by atoms with Gasteiger partial charge < -0.3 is 9.84 Å². The number of morpholine rings is 1. The first-order chi connectivity index (χ1) is 12.9. The molecule has 3 rings (SSSR count). The summed E-state index contributed by atoms with van der Waals surface area (Å²) in [5.41, 5.74) is 2.31. The molecule has 2 atom stereocenters. The van der Waals surface area contributed by atoms with Crippen LogP contribution < -0.4 is 0 Å². The van der Waals surface area contributed by atoms with Crippen LogP contribution in [-0.2, 0) is 10.3 Å². The van der Waals surface area contributed by atoms with Gasteiger partial charge in [-0.2, -0.15) is 0 Å². The van der Waals surface area contributed by atoms with Gasteiger partial charge in [-0.1, -0.05) is 67.4 Å². The maximum atomic E-state index is 12.1. The number of halogens is 1. The number of aryl methyl sites for hydroxylation is 1. The molecule has 0 aliphatic carbocycles. The molecule has 1 saturated heterocycles. The Morgan fingerprint density at radius 3 is 2.19 bits per heavy atom. The van der Waals surface area contributed by atoms with Gasteiger partial charge in [0.1, 0.15) is 0 Å². The Kier molecular flexibility index (Phi) is 6.59. The normalized spacial score (nSPS) is 19.0. The molecule has 0 saturated carbocycles. The van der Waals surface area contributed by atoms with E-state index < -0.39 is 5.60 Å². The van der Waals surface area contributed by atoms with E-state index in [1.54, 1.807) is 0 Å². The zero-order chi connectivity index (χ0) is 19.4. The van der Waals surface area contributed by atoms with Crippen LogP contribution in [-0.4, -0.2) is 42.9 Å². The van der Waals surface area contributed by atoms with Crippen LogP contribution in [0.15, 0.2) is 48.5 Å². The summed E-state index contributed by atoms with van der Waals surface area (Å²) in [6.45, 7) is 10.3. The van der Waals surface area contributed by atoms with Crippen LogP contribution in [0.2, 0.25) is 5.02 Å². The van der Waals surface area contributed by atoms with E-state index in [4.69, 9.17) is 16.3 Å². The molecule has 1 aliphatic rings. The molecule has 146 valence electrons. The minimum atomic E-state index is -0.972. The third-order valence-electron chi connectivity index (χ3n) is 5.74. The Balaban J connectivity index is 2.03. The number of nitrogens with zero attached hydrogens (tertiary/aromatic N) is 1. The number of hydrogen-bond acceptors (Lipinski definition) is 3. The van der Waals surface area contributed by atoms with Crippen molar-refractivity contribution in [2.45, 2.75) is 32.3 Å². The summed E-state index contributed by atoms with van der Waals surface area (Å²) < 4.78 is 5.51. The molecular formula is C23H30ClNO2. The second-order valence-corrected chi connectivity index (χ2v) is 8.30. The standard InChI is InChI=1S/C23H30ClNO2/c1-17(2)23(26,20-8-4-18(3)5-9-20)22(16-25-12-14-27-15-13-25)19-6-10-21(24)11-7-19/h4-11,17,22,26H,12-16H2,1-3H3/t22-,23-/m1/s1. The zero-order valence-corrected chi connectivity index (χ0v) is 17.2. The number of rotatable bonds is 6. The second kappa shape index (κ2) is 8.74. The molecule has 0 amide bonds. The summed E-state index contributed by atoms with van der Waals surface area (Å²) >= 11 is 6.13. The van der Waals surface area contributed by atoms with Gasteiger partial charge in [-0.25, -0.2) is 0 Å². The molecule has 2 aromatic rings. The lowest BCUT2D eigenvalue weighted by molar-refractivity contribution is -0.0547. The van der Waals surface area contributed by atoms with E-state index in [-0.39, 0.29) is 11.8 Å². The fourth-order valence-electron chi connectivity index (χ4n) is 3.99. The van der Waals surface area contributed by atoms with Crippen molar-refractivity contribution in [2.24, 2.45) is 5.92 Å². The van der Waals surface area contributed by atoms with Gasteiger partial charge >= 0.3 is 0 Å². The van der Waals surface area contributed by atoms with Crippen LogP contribution in [0.4, 0.5) is 0 Å². The summed E-state index contributed by atoms with van der Waals surface area (Å²) in [4.78, 5) is 2.39. The molecular weight excluding hydrogens is 358 g/mol. The molecule has 0 radical (unpaired) electrons. The lowest BCUT2D eigenvalue weighted by atomic mass is 9.70. The van der Waals surface area contributed by atoms with Crippen LogP contribution in [0.5, 0.6) is 0 Å². The fourth-order valence-corrected chi connectivity index (χ4v) is 4.12. The summed E-state index contributed by atoms with van der Waals surface area (Å²) in [5, 5.41) is 12.8. The largest absolute Gasteiger partial charge is 0.384 e. The summed E-state index contributed by atoms with van der Waals surface area (Å²) in [7, 11) is 0. The molecule has 3 nitrogen and oxygen atoms in total. The highest BCUT2D eigenvalue weighted by atomic mass is 35.5. The highest BCUT2D eigenvalue weighted by molar-refractivity contribution is 6.30. The lowest BCUT2D eigenvalue weighted by Crippen LogP contribution is -2.47. The quantitative estimate of drug-likeness (QED) is 0.785. The van der Waals surface area contributed by atoms with Crippen molar-refractivity contribution in [1.82, 2.24) is 4.90 Å². The maximum Gasteiger partial charge on any atom is 0.0999 e. The predicted molar refractivity (Wildman–Crippen MR) is 111 cm³/mol. The SMILES string of the molecule is Cc1ccc([C@](O)(C(C)C)[C@H](CN2CCOCC2)c2ccc(Cl)cc2)cc1. The Morgan fingerprint density at radius 1 is 1.04 bits per heavy atom. The van der Waals surface area contributed by atoms with E-state index in [9.17, 15) is 5.11 Å². The van der Waals surface area contributed by atoms with E-state index in [0.717, 1.165) is 44.0 Å². The summed E-state index contributed by atoms with van der Waals surface area (Å²) in [6.07, 6.45) is 0. The Morgan fingerprint density at radius 2 is 1.63 bits per heavy atom. The van der Waals surface area contributed by atoms with Gasteiger partial charge in [-0.15, -0.1) is 0 Å². The van der Waals surface area contributed by atoms with Gasteiger partial charge in [-0.3, -0.25) is 4.90 Å². The fraction of sp³-hybridized carbons (Fsp3) is 0.478. The minimum absolute atomic E-state index is 0.0573. The maximum absolute atomic E-state index is 12.1.